The van der Waals surface area contributed by atoms with Gasteiger partial charge in [-0.15, -0.1) is 11.3 Å². The molecule has 0 unspecified atom stereocenters. The molecule has 17 heavy (non-hydrogen) atoms. The van der Waals surface area contributed by atoms with Gasteiger partial charge in [0.2, 0.25) is 0 Å². The molecule has 0 spiro atoms. The van der Waals surface area contributed by atoms with Gasteiger partial charge in [-0.05, 0) is 13.0 Å². The van der Waals surface area contributed by atoms with E-state index in [4.69, 9.17) is 0 Å². The first-order valence-corrected chi connectivity index (χ1v) is 6.10. The van der Waals surface area contributed by atoms with Gasteiger partial charge in [0.1, 0.15) is 5.01 Å². The number of carbonyl (C=O) groups is 1. The Labute approximate surface area is 102 Å². The number of nitrogens with one attached hydrogen (secondary N) is 1. The molecule has 2 heterocycles. The van der Waals surface area contributed by atoms with Crippen molar-refractivity contribution >= 4 is 28.5 Å². The zero-order chi connectivity index (χ0) is 11.8. The Morgan fingerprint density at radius 3 is 2.94 bits per heavy atom. The van der Waals surface area contributed by atoms with Crippen LogP contribution in [0.4, 0.5) is 0 Å². The molecule has 0 atom stereocenters. The van der Waals surface area contributed by atoms with Crippen LogP contribution in [0.3, 0.4) is 0 Å². The first-order valence-electron chi connectivity index (χ1n) is 5.28. The summed E-state index contributed by atoms with van der Waals surface area (Å²) in [5, 5.41) is 2.03. The summed E-state index contributed by atoms with van der Waals surface area (Å²) >= 11 is 1.43. The Kier molecular flexibility index (Phi) is 2.30. The van der Waals surface area contributed by atoms with Gasteiger partial charge in [0.15, 0.2) is 6.29 Å². The van der Waals surface area contributed by atoms with Crippen molar-refractivity contribution in [3.05, 3.63) is 41.0 Å². The molecule has 3 rings (SSSR count). The summed E-state index contributed by atoms with van der Waals surface area (Å²) in [5.41, 5.74) is 2.94. The number of aromatic nitrogens is 2. The monoisotopic (exact) mass is 242 g/mol. The Hall–Kier alpha value is -1.94. The average Bonchev–Trinajstić information content (AvgIpc) is 2.92. The highest BCUT2D eigenvalue weighted by Crippen LogP contribution is 2.32. The van der Waals surface area contributed by atoms with Crippen LogP contribution in [0.1, 0.15) is 15.4 Å². The van der Waals surface area contributed by atoms with E-state index in [1.807, 2.05) is 31.3 Å². The molecule has 2 aromatic heterocycles. The smallest absolute Gasteiger partial charge is 0.161 e. The molecule has 0 aliphatic heterocycles. The predicted octanol–water partition coefficient (Wildman–Crippen LogP) is 3.41. The van der Waals surface area contributed by atoms with E-state index in [1.165, 1.54) is 11.3 Å². The zero-order valence-corrected chi connectivity index (χ0v) is 10.0. The van der Waals surface area contributed by atoms with Crippen molar-refractivity contribution in [2.24, 2.45) is 0 Å². The third-order valence-corrected chi connectivity index (χ3v) is 3.88. The number of nitrogens with zero attached hydrogens (tertiary/aromatic N) is 1. The topological polar surface area (TPSA) is 45.8 Å². The van der Waals surface area contributed by atoms with Gasteiger partial charge in [-0.3, -0.25) is 4.79 Å². The van der Waals surface area contributed by atoms with Crippen molar-refractivity contribution in [3.8, 4) is 10.6 Å². The third-order valence-electron chi connectivity index (χ3n) is 2.76. The van der Waals surface area contributed by atoms with Crippen LogP contribution in [-0.4, -0.2) is 16.3 Å². The second-order valence-corrected chi connectivity index (χ2v) is 4.87. The van der Waals surface area contributed by atoms with Crippen molar-refractivity contribution in [1.82, 2.24) is 9.97 Å². The number of aldehydes is 1. The summed E-state index contributed by atoms with van der Waals surface area (Å²) in [5.74, 6) is 0. The molecule has 1 aromatic carbocycles. The van der Waals surface area contributed by atoms with E-state index in [0.29, 0.717) is 4.88 Å². The fourth-order valence-electron chi connectivity index (χ4n) is 1.88. The maximum Gasteiger partial charge on any atom is 0.161 e. The Morgan fingerprint density at radius 2 is 2.18 bits per heavy atom. The molecule has 4 heteroatoms. The maximum absolute atomic E-state index is 10.8. The fraction of sp³-hybridized carbons (Fsp3) is 0.0769. The van der Waals surface area contributed by atoms with Crippen LogP contribution >= 0.6 is 11.3 Å². The van der Waals surface area contributed by atoms with Gasteiger partial charge in [0.05, 0.1) is 10.6 Å². The number of thiazole rings is 1. The van der Waals surface area contributed by atoms with Gasteiger partial charge in [-0.25, -0.2) is 4.98 Å². The first kappa shape index (κ1) is 10.2. The molecular weight excluding hydrogens is 232 g/mol. The minimum absolute atomic E-state index is 0.699. The average molecular weight is 242 g/mol. The van der Waals surface area contributed by atoms with Crippen LogP contribution in [0, 0.1) is 6.92 Å². The van der Waals surface area contributed by atoms with E-state index >= 15 is 0 Å². The first-order chi connectivity index (χ1) is 8.29. The molecule has 0 aliphatic carbocycles. The van der Waals surface area contributed by atoms with Crippen molar-refractivity contribution < 1.29 is 4.79 Å². The van der Waals surface area contributed by atoms with Gasteiger partial charge >= 0.3 is 0 Å². The highest BCUT2D eigenvalue weighted by Gasteiger charge is 2.12. The molecule has 1 N–H and O–H groups in total. The summed E-state index contributed by atoms with van der Waals surface area (Å²) in [7, 11) is 0. The number of rotatable bonds is 2. The van der Waals surface area contributed by atoms with E-state index in [-0.39, 0.29) is 0 Å². The summed E-state index contributed by atoms with van der Waals surface area (Å²) in [6, 6.07) is 8.08. The van der Waals surface area contributed by atoms with Gasteiger partial charge in [0, 0.05) is 22.7 Å². The maximum atomic E-state index is 10.8. The predicted molar refractivity (Wildman–Crippen MR) is 69.5 cm³/mol. The molecule has 3 aromatic rings. The number of fused-ring (bicyclic) bond motifs is 1. The second-order valence-electron chi connectivity index (χ2n) is 3.83. The number of aryl methyl sites for hydroxylation is 1. The third kappa shape index (κ3) is 1.57. The van der Waals surface area contributed by atoms with Crippen LogP contribution < -0.4 is 0 Å². The molecule has 3 nitrogen and oxygen atoms in total. The van der Waals surface area contributed by atoms with Crippen LogP contribution in [0.2, 0.25) is 0 Å². The second kappa shape index (κ2) is 3.82. The van der Waals surface area contributed by atoms with Crippen LogP contribution in [0.15, 0.2) is 30.5 Å². The molecule has 0 radical (unpaired) electrons. The molecular formula is C13H10N2OS. The zero-order valence-electron chi connectivity index (χ0n) is 9.23. The lowest BCUT2D eigenvalue weighted by Gasteiger charge is -1.92. The largest absolute Gasteiger partial charge is 0.360 e. The number of para-hydroxylation sites is 1. The Morgan fingerprint density at radius 1 is 1.35 bits per heavy atom. The van der Waals surface area contributed by atoms with Gasteiger partial charge in [0.25, 0.3) is 0 Å². The summed E-state index contributed by atoms with van der Waals surface area (Å²) in [6.07, 6.45) is 2.81. The lowest BCUT2D eigenvalue weighted by molar-refractivity contribution is 0.112. The minimum atomic E-state index is 0.699. The molecule has 0 saturated heterocycles. The quantitative estimate of drug-likeness (QED) is 0.700. The lowest BCUT2D eigenvalue weighted by atomic mass is 10.2. The summed E-state index contributed by atoms with van der Waals surface area (Å²) in [4.78, 5) is 19.2. The van der Waals surface area contributed by atoms with Crippen molar-refractivity contribution in [3.63, 3.8) is 0 Å². The normalized spacial score (nSPS) is 10.9. The van der Waals surface area contributed by atoms with E-state index in [9.17, 15) is 4.79 Å². The Bertz CT molecular complexity index is 696. The van der Waals surface area contributed by atoms with E-state index in [1.54, 1.807) is 0 Å². The molecule has 0 saturated carbocycles. The van der Waals surface area contributed by atoms with Gasteiger partial charge < -0.3 is 4.98 Å². The van der Waals surface area contributed by atoms with Gasteiger partial charge in [-0.2, -0.15) is 0 Å². The highest BCUT2D eigenvalue weighted by atomic mass is 32.1. The fourth-order valence-corrected chi connectivity index (χ4v) is 2.79. The van der Waals surface area contributed by atoms with E-state index < -0.39 is 0 Å². The molecule has 0 aliphatic rings. The number of hydrogen-bond acceptors (Lipinski definition) is 3. The van der Waals surface area contributed by atoms with E-state index in [0.717, 1.165) is 33.5 Å². The number of aromatic amines is 1. The SMILES string of the molecule is Cc1nc(-c2c[nH]c3ccccc23)sc1C=O. The number of hydrogen-bond donors (Lipinski definition) is 1. The van der Waals surface area contributed by atoms with Gasteiger partial charge in [-0.1, -0.05) is 18.2 Å². The molecule has 0 bridgehead atoms. The lowest BCUT2D eigenvalue weighted by Crippen LogP contribution is -1.77. The van der Waals surface area contributed by atoms with E-state index in [2.05, 4.69) is 16.0 Å². The highest BCUT2D eigenvalue weighted by molar-refractivity contribution is 7.16. The summed E-state index contributed by atoms with van der Waals surface area (Å²) < 4.78 is 0. The minimum Gasteiger partial charge on any atom is -0.360 e. The van der Waals surface area contributed by atoms with Crippen LogP contribution in [0.5, 0.6) is 0 Å². The van der Waals surface area contributed by atoms with Crippen LogP contribution in [0.25, 0.3) is 21.5 Å². The number of benzene rings is 1. The standard InChI is InChI=1S/C13H10N2OS/c1-8-12(7-16)17-13(15-8)10-6-14-11-5-3-2-4-9(10)11/h2-7,14H,1H3. The number of carbonyl (C=O) groups excluding carboxylic acids is 1. The van der Waals surface area contributed by atoms with Crippen molar-refractivity contribution in [2.45, 2.75) is 6.92 Å². The summed E-state index contributed by atoms with van der Waals surface area (Å²) in [6.45, 7) is 1.86. The molecule has 84 valence electrons. The van der Waals surface area contributed by atoms with Crippen molar-refractivity contribution in [1.29, 1.82) is 0 Å². The number of H-pyrrole nitrogens is 1. The molecule has 0 amide bonds. The molecule has 0 fully saturated rings. The van der Waals surface area contributed by atoms with Crippen LogP contribution in [-0.2, 0) is 0 Å². The Balaban J connectivity index is 2.23. The van der Waals surface area contributed by atoms with Crippen molar-refractivity contribution in [2.75, 3.05) is 0 Å².